The Balaban J connectivity index is 1.86. The van der Waals surface area contributed by atoms with Gasteiger partial charge in [0.2, 0.25) is 6.79 Å². The van der Waals surface area contributed by atoms with Gasteiger partial charge in [-0.15, -0.1) is 0 Å². The molecule has 6 heteroatoms. The normalized spacial score (nSPS) is 14.4. The molecule has 3 rings (SSSR count). The third kappa shape index (κ3) is 3.47. The van der Waals surface area contributed by atoms with Crippen molar-refractivity contribution in [3.8, 4) is 17.2 Å². The number of carbonyl (C=O) groups is 2. The number of carbonyl (C=O) groups excluding carboxylic acids is 2. The van der Waals surface area contributed by atoms with Crippen LogP contribution >= 0.6 is 0 Å². The average Bonchev–Trinajstić information content (AvgIpc) is 3.15. The lowest BCUT2D eigenvalue weighted by Crippen LogP contribution is -2.51. The zero-order valence-electron chi connectivity index (χ0n) is 15.9. The van der Waals surface area contributed by atoms with E-state index in [2.05, 4.69) is 5.32 Å². The predicted molar refractivity (Wildman–Crippen MR) is 101 cm³/mol. The van der Waals surface area contributed by atoms with Crippen LogP contribution in [0.25, 0.3) is 0 Å². The molecule has 0 radical (unpaired) electrons. The number of Topliss-reactive ketones (excluding diaryl/α,β-unsaturated/α-hetero) is 1. The highest BCUT2D eigenvalue weighted by molar-refractivity contribution is 6.07. The minimum absolute atomic E-state index is 0.143. The van der Waals surface area contributed by atoms with Gasteiger partial charge in [-0.05, 0) is 50.6 Å². The lowest BCUT2D eigenvalue weighted by atomic mass is 9.88. The number of nitrogens with one attached hydrogen (secondary N) is 1. The van der Waals surface area contributed by atoms with Crippen LogP contribution in [0.3, 0.4) is 0 Å². The summed E-state index contributed by atoms with van der Waals surface area (Å²) in [5, 5.41) is 2.90. The predicted octanol–water partition coefficient (Wildman–Crippen LogP) is 3.51. The molecule has 1 atom stereocenters. The molecule has 6 nitrogen and oxygen atoms in total. The second-order valence-corrected chi connectivity index (χ2v) is 6.67. The molecule has 0 aliphatic carbocycles. The van der Waals surface area contributed by atoms with Crippen molar-refractivity contribution in [1.82, 2.24) is 5.32 Å². The van der Waals surface area contributed by atoms with Gasteiger partial charge in [0.25, 0.3) is 5.91 Å². The Morgan fingerprint density at radius 3 is 2.63 bits per heavy atom. The highest BCUT2D eigenvalue weighted by Gasteiger charge is 2.35. The van der Waals surface area contributed by atoms with Crippen molar-refractivity contribution < 1.29 is 23.8 Å². The van der Waals surface area contributed by atoms with Crippen LogP contribution in [0.2, 0.25) is 0 Å². The van der Waals surface area contributed by atoms with Gasteiger partial charge in [-0.3, -0.25) is 9.59 Å². The van der Waals surface area contributed by atoms with Crippen LogP contribution in [0.1, 0.15) is 46.5 Å². The van der Waals surface area contributed by atoms with Crippen molar-refractivity contribution in [2.24, 2.45) is 0 Å². The molecule has 27 heavy (non-hydrogen) atoms. The summed E-state index contributed by atoms with van der Waals surface area (Å²) in [6.45, 7) is 5.55. The van der Waals surface area contributed by atoms with Gasteiger partial charge in [0.15, 0.2) is 17.3 Å². The quantitative estimate of drug-likeness (QED) is 0.789. The van der Waals surface area contributed by atoms with Gasteiger partial charge in [-0.25, -0.2) is 0 Å². The highest BCUT2D eigenvalue weighted by atomic mass is 16.7. The molecule has 0 spiro atoms. The number of rotatable bonds is 6. The van der Waals surface area contributed by atoms with E-state index >= 15 is 0 Å². The topological polar surface area (TPSA) is 73.9 Å². The first-order valence-electron chi connectivity index (χ1n) is 8.80. The first-order chi connectivity index (χ1) is 12.9. The number of hydrogen-bond donors (Lipinski definition) is 1. The van der Waals surface area contributed by atoms with Crippen LogP contribution < -0.4 is 19.5 Å². The molecule has 1 unspecified atom stereocenters. The number of ether oxygens (including phenoxy) is 3. The van der Waals surface area contributed by atoms with E-state index in [0.29, 0.717) is 34.8 Å². The Labute approximate surface area is 158 Å². The van der Waals surface area contributed by atoms with Crippen molar-refractivity contribution in [2.45, 2.75) is 32.7 Å². The Morgan fingerprint density at radius 2 is 1.93 bits per heavy atom. The molecule has 0 fully saturated rings. The Kier molecular flexibility index (Phi) is 5.08. The van der Waals surface area contributed by atoms with Crippen LogP contribution in [-0.2, 0) is 0 Å². The lowest BCUT2D eigenvalue weighted by Gasteiger charge is -2.28. The smallest absolute Gasteiger partial charge is 0.252 e. The minimum atomic E-state index is -1.06. The summed E-state index contributed by atoms with van der Waals surface area (Å²) in [7, 11) is 1.56. The summed E-state index contributed by atoms with van der Waals surface area (Å²) in [5.74, 6) is 1.28. The molecule has 0 bridgehead atoms. The molecule has 1 aliphatic rings. The van der Waals surface area contributed by atoms with Crippen molar-refractivity contribution in [3.05, 3.63) is 53.1 Å². The fourth-order valence-electron chi connectivity index (χ4n) is 3.06. The number of amides is 1. The Bertz CT molecular complexity index is 892. The molecular formula is C21H23NO5. The number of hydrogen-bond acceptors (Lipinski definition) is 5. The van der Waals surface area contributed by atoms with Crippen molar-refractivity contribution >= 4 is 11.7 Å². The van der Waals surface area contributed by atoms with Crippen LogP contribution in [0.5, 0.6) is 17.2 Å². The van der Waals surface area contributed by atoms with E-state index in [1.54, 1.807) is 50.4 Å². The summed E-state index contributed by atoms with van der Waals surface area (Å²) in [6, 6.07) is 10.3. The zero-order valence-corrected chi connectivity index (χ0v) is 15.9. The summed E-state index contributed by atoms with van der Waals surface area (Å²) >= 11 is 0. The van der Waals surface area contributed by atoms with Gasteiger partial charge in [0, 0.05) is 16.7 Å². The first-order valence-corrected chi connectivity index (χ1v) is 8.80. The molecule has 1 aliphatic heterocycles. The minimum Gasteiger partial charge on any atom is -0.496 e. The molecule has 1 N–H and O–H groups in total. The van der Waals surface area contributed by atoms with E-state index in [1.165, 1.54) is 0 Å². The summed E-state index contributed by atoms with van der Waals surface area (Å²) in [6.07, 6.45) is 0.440. The standard InChI is InChI=1S/C21H23NO5/c1-5-21(3,19(23)14-9-10-17-18(11-14)27-12-26-17)22-20(24)15-7-6-8-16(25-4)13(15)2/h6-11H,5,12H2,1-4H3,(H,22,24). The van der Waals surface area contributed by atoms with Crippen LogP contribution in [0.4, 0.5) is 0 Å². The maximum atomic E-state index is 13.1. The van der Waals surface area contributed by atoms with E-state index in [0.717, 1.165) is 5.56 Å². The summed E-state index contributed by atoms with van der Waals surface area (Å²) < 4.78 is 15.9. The van der Waals surface area contributed by atoms with Crippen molar-refractivity contribution in [2.75, 3.05) is 13.9 Å². The number of benzene rings is 2. The lowest BCUT2D eigenvalue weighted by molar-refractivity contribution is 0.0777. The first kappa shape index (κ1) is 18.8. The third-order valence-corrected chi connectivity index (χ3v) is 4.98. The van der Waals surface area contributed by atoms with E-state index in [9.17, 15) is 9.59 Å². The fourth-order valence-corrected chi connectivity index (χ4v) is 3.06. The van der Waals surface area contributed by atoms with Crippen LogP contribution in [0, 0.1) is 6.92 Å². The van der Waals surface area contributed by atoms with E-state index in [1.807, 2.05) is 13.8 Å². The SMILES string of the molecule is CCC(C)(NC(=O)c1cccc(OC)c1C)C(=O)c1ccc2c(c1)OCO2. The van der Waals surface area contributed by atoms with Crippen LogP contribution in [-0.4, -0.2) is 31.1 Å². The summed E-state index contributed by atoms with van der Waals surface area (Å²) in [4.78, 5) is 26.0. The number of fused-ring (bicyclic) bond motifs is 1. The van der Waals surface area contributed by atoms with Gasteiger partial charge >= 0.3 is 0 Å². The van der Waals surface area contributed by atoms with Crippen molar-refractivity contribution in [3.63, 3.8) is 0 Å². The van der Waals surface area contributed by atoms with Gasteiger partial charge in [-0.1, -0.05) is 13.0 Å². The van der Waals surface area contributed by atoms with Crippen molar-refractivity contribution in [1.29, 1.82) is 0 Å². The Hall–Kier alpha value is -3.02. The highest BCUT2D eigenvalue weighted by Crippen LogP contribution is 2.34. The maximum absolute atomic E-state index is 13.1. The summed E-state index contributed by atoms with van der Waals surface area (Å²) in [5.41, 5.74) is 0.616. The average molecular weight is 369 g/mol. The van der Waals surface area contributed by atoms with Gasteiger partial charge in [0.1, 0.15) is 11.3 Å². The number of ketones is 1. The Morgan fingerprint density at radius 1 is 1.19 bits per heavy atom. The van der Waals surface area contributed by atoms with Gasteiger partial charge in [0.05, 0.1) is 7.11 Å². The van der Waals surface area contributed by atoms with Gasteiger partial charge < -0.3 is 19.5 Å². The van der Waals surface area contributed by atoms with E-state index in [-0.39, 0.29) is 18.5 Å². The monoisotopic (exact) mass is 369 g/mol. The second kappa shape index (κ2) is 7.31. The molecule has 142 valence electrons. The molecule has 1 heterocycles. The van der Waals surface area contributed by atoms with Crippen LogP contribution in [0.15, 0.2) is 36.4 Å². The number of methoxy groups -OCH3 is 1. The van der Waals surface area contributed by atoms with E-state index < -0.39 is 5.54 Å². The molecular weight excluding hydrogens is 346 g/mol. The molecule has 2 aromatic carbocycles. The van der Waals surface area contributed by atoms with E-state index in [4.69, 9.17) is 14.2 Å². The third-order valence-electron chi connectivity index (χ3n) is 4.98. The molecule has 0 saturated carbocycles. The largest absolute Gasteiger partial charge is 0.496 e. The van der Waals surface area contributed by atoms with Gasteiger partial charge in [-0.2, -0.15) is 0 Å². The zero-order chi connectivity index (χ0) is 19.6. The second-order valence-electron chi connectivity index (χ2n) is 6.67. The molecule has 0 aromatic heterocycles. The molecule has 1 amide bonds. The molecule has 2 aromatic rings. The molecule has 0 saturated heterocycles. The fraction of sp³-hybridized carbons (Fsp3) is 0.333. The maximum Gasteiger partial charge on any atom is 0.252 e.